The number of carbonyl (C=O) groups excluding carboxylic acids is 1. The molecule has 5 nitrogen and oxygen atoms in total. The van der Waals surface area contributed by atoms with Gasteiger partial charge in [0.15, 0.2) is 0 Å². The molecule has 1 amide bonds. The Balaban J connectivity index is 1.91. The quantitative estimate of drug-likeness (QED) is 0.613. The van der Waals surface area contributed by atoms with Crippen LogP contribution in [0.2, 0.25) is 0 Å². The van der Waals surface area contributed by atoms with Crippen LogP contribution >= 0.6 is 0 Å². The van der Waals surface area contributed by atoms with Crippen LogP contribution in [-0.4, -0.2) is 26.2 Å². The van der Waals surface area contributed by atoms with Crippen molar-refractivity contribution in [1.82, 2.24) is 5.48 Å². The smallest absolute Gasteiger partial charge is 0.274 e. The molecule has 0 aliphatic carbocycles. The lowest BCUT2D eigenvalue weighted by Gasteiger charge is -2.06. The summed E-state index contributed by atoms with van der Waals surface area (Å²) in [6.45, 7) is 1.97. The fourth-order valence-electron chi connectivity index (χ4n) is 1.61. The molecular formula is C12H15NO4. The van der Waals surface area contributed by atoms with Crippen molar-refractivity contribution < 1.29 is 19.1 Å². The standard InChI is InChI=1S/C12H15NO4/c1-15-4-5-17-13-12(14)9-2-3-10-7-16-8-11(10)6-9/h2-3,6H,4-5,7-8H2,1H3,(H,13,14). The van der Waals surface area contributed by atoms with Gasteiger partial charge in [-0.25, -0.2) is 5.48 Å². The highest BCUT2D eigenvalue weighted by Gasteiger charge is 2.14. The molecule has 0 saturated heterocycles. The van der Waals surface area contributed by atoms with Gasteiger partial charge in [-0.05, 0) is 23.3 Å². The highest BCUT2D eigenvalue weighted by Crippen LogP contribution is 2.20. The number of benzene rings is 1. The van der Waals surface area contributed by atoms with E-state index in [1.54, 1.807) is 13.2 Å². The Hall–Kier alpha value is -1.43. The monoisotopic (exact) mass is 237 g/mol. The van der Waals surface area contributed by atoms with Gasteiger partial charge in [0.25, 0.3) is 5.91 Å². The maximum Gasteiger partial charge on any atom is 0.274 e. The Morgan fingerprint density at radius 2 is 2.18 bits per heavy atom. The fourth-order valence-corrected chi connectivity index (χ4v) is 1.61. The number of hydroxylamine groups is 1. The molecule has 0 radical (unpaired) electrons. The Bertz CT molecular complexity index is 405. The van der Waals surface area contributed by atoms with Crippen molar-refractivity contribution in [3.8, 4) is 0 Å². The first-order valence-electron chi connectivity index (χ1n) is 5.42. The molecule has 0 atom stereocenters. The van der Waals surface area contributed by atoms with E-state index in [-0.39, 0.29) is 5.91 Å². The van der Waals surface area contributed by atoms with Crippen LogP contribution in [0.15, 0.2) is 18.2 Å². The second-order valence-corrected chi connectivity index (χ2v) is 3.75. The van der Waals surface area contributed by atoms with E-state index < -0.39 is 0 Å². The van der Waals surface area contributed by atoms with Gasteiger partial charge in [-0.15, -0.1) is 0 Å². The molecule has 1 N–H and O–H groups in total. The first kappa shape index (κ1) is 12.0. The van der Waals surface area contributed by atoms with Crippen molar-refractivity contribution in [1.29, 1.82) is 0 Å². The molecule has 1 aliphatic rings. The minimum Gasteiger partial charge on any atom is -0.382 e. The minimum absolute atomic E-state index is 0.254. The van der Waals surface area contributed by atoms with Crippen molar-refractivity contribution in [3.63, 3.8) is 0 Å². The van der Waals surface area contributed by atoms with E-state index in [0.29, 0.717) is 32.0 Å². The molecular weight excluding hydrogens is 222 g/mol. The van der Waals surface area contributed by atoms with E-state index in [0.717, 1.165) is 11.1 Å². The van der Waals surface area contributed by atoms with Crippen molar-refractivity contribution in [3.05, 3.63) is 34.9 Å². The molecule has 17 heavy (non-hydrogen) atoms. The summed E-state index contributed by atoms with van der Waals surface area (Å²) in [7, 11) is 1.58. The number of hydrogen-bond acceptors (Lipinski definition) is 4. The second-order valence-electron chi connectivity index (χ2n) is 3.75. The molecule has 5 heteroatoms. The fraction of sp³-hybridized carbons (Fsp3) is 0.417. The highest BCUT2D eigenvalue weighted by atomic mass is 16.7. The minimum atomic E-state index is -0.254. The van der Waals surface area contributed by atoms with Gasteiger partial charge < -0.3 is 9.47 Å². The van der Waals surface area contributed by atoms with Gasteiger partial charge in [0.1, 0.15) is 0 Å². The number of ether oxygens (including phenoxy) is 2. The third-order valence-corrected chi connectivity index (χ3v) is 2.54. The largest absolute Gasteiger partial charge is 0.382 e. The molecule has 1 heterocycles. The van der Waals surface area contributed by atoms with E-state index in [2.05, 4.69) is 5.48 Å². The van der Waals surface area contributed by atoms with E-state index in [1.807, 2.05) is 12.1 Å². The molecule has 2 rings (SSSR count). The van der Waals surface area contributed by atoms with Crippen LogP contribution in [0.3, 0.4) is 0 Å². The average molecular weight is 237 g/mol. The SMILES string of the molecule is COCCONC(=O)c1ccc2c(c1)COC2. The van der Waals surface area contributed by atoms with Gasteiger partial charge in [-0.2, -0.15) is 0 Å². The van der Waals surface area contributed by atoms with Crippen LogP contribution in [0.4, 0.5) is 0 Å². The molecule has 0 aromatic heterocycles. The maximum absolute atomic E-state index is 11.7. The van der Waals surface area contributed by atoms with E-state index >= 15 is 0 Å². The van der Waals surface area contributed by atoms with Gasteiger partial charge in [0.2, 0.25) is 0 Å². The molecule has 1 aliphatic heterocycles. The first-order chi connectivity index (χ1) is 8.31. The van der Waals surface area contributed by atoms with Crippen molar-refractivity contribution in [2.45, 2.75) is 13.2 Å². The summed E-state index contributed by atoms with van der Waals surface area (Å²) in [6.07, 6.45) is 0. The average Bonchev–Trinajstić information content (AvgIpc) is 2.81. The normalized spacial score (nSPS) is 13.5. The van der Waals surface area contributed by atoms with Crippen LogP contribution in [0, 0.1) is 0 Å². The van der Waals surface area contributed by atoms with Gasteiger partial charge in [-0.3, -0.25) is 9.63 Å². The van der Waals surface area contributed by atoms with E-state index in [4.69, 9.17) is 14.3 Å². The second kappa shape index (κ2) is 5.77. The molecule has 0 spiro atoms. The zero-order chi connectivity index (χ0) is 12.1. The summed E-state index contributed by atoms with van der Waals surface area (Å²) in [5.74, 6) is -0.254. The first-order valence-corrected chi connectivity index (χ1v) is 5.42. The molecule has 0 saturated carbocycles. The summed E-state index contributed by atoms with van der Waals surface area (Å²) in [5, 5.41) is 0. The summed E-state index contributed by atoms with van der Waals surface area (Å²) in [4.78, 5) is 16.6. The van der Waals surface area contributed by atoms with Gasteiger partial charge in [-0.1, -0.05) is 6.07 Å². The third kappa shape index (κ3) is 3.03. The summed E-state index contributed by atoms with van der Waals surface area (Å²) < 4.78 is 10.1. The lowest BCUT2D eigenvalue weighted by molar-refractivity contribution is 0.00888. The summed E-state index contributed by atoms with van der Waals surface area (Å²) in [6, 6.07) is 5.51. The van der Waals surface area contributed by atoms with E-state index in [1.165, 1.54) is 0 Å². The van der Waals surface area contributed by atoms with Gasteiger partial charge >= 0.3 is 0 Å². The van der Waals surface area contributed by atoms with Crippen LogP contribution in [0.5, 0.6) is 0 Å². The number of hydrogen-bond donors (Lipinski definition) is 1. The number of amides is 1. The molecule has 1 aromatic rings. The molecule has 92 valence electrons. The lowest BCUT2D eigenvalue weighted by Crippen LogP contribution is -2.25. The number of carbonyl (C=O) groups is 1. The molecule has 0 fully saturated rings. The summed E-state index contributed by atoms with van der Waals surface area (Å²) in [5.41, 5.74) is 5.15. The van der Waals surface area contributed by atoms with Crippen LogP contribution in [0.1, 0.15) is 21.5 Å². The Morgan fingerprint density at radius 1 is 1.35 bits per heavy atom. The number of nitrogens with one attached hydrogen (secondary N) is 1. The number of rotatable bonds is 5. The van der Waals surface area contributed by atoms with Crippen molar-refractivity contribution >= 4 is 5.91 Å². The van der Waals surface area contributed by atoms with Crippen LogP contribution in [-0.2, 0) is 27.5 Å². The Labute approximate surface area is 99.6 Å². The Kier molecular flexibility index (Phi) is 4.08. The summed E-state index contributed by atoms with van der Waals surface area (Å²) >= 11 is 0. The molecule has 0 unspecified atom stereocenters. The van der Waals surface area contributed by atoms with Crippen LogP contribution < -0.4 is 5.48 Å². The maximum atomic E-state index is 11.7. The topological polar surface area (TPSA) is 56.8 Å². The van der Waals surface area contributed by atoms with E-state index in [9.17, 15) is 4.79 Å². The lowest BCUT2D eigenvalue weighted by atomic mass is 10.1. The van der Waals surface area contributed by atoms with Gasteiger partial charge in [0.05, 0.1) is 26.4 Å². The predicted molar refractivity (Wildman–Crippen MR) is 60.2 cm³/mol. The highest BCUT2D eigenvalue weighted by molar-refractivity contribution is 5.93. The number of methoxy groups -OCH3 is 1. The molecule has 0 bridgehead atoms. The van der Waals surface area contributed by atoms with Crippen molar-refractivity contribution in [2.75, 3.05) is 20.3 Å². The Morgan fingerprint density at radius 3 is 3.00 bits per heavy atom. The van der Waals surface area contributed by atoms with Gasteiger partial charge in [0, 0.05) is 12.7 Å². The van der Waals surface area contributed by atoms with Crippen LogP contribution in [0.25, 0.3) is 0 Å². The predicted octanol–water partition coefficient (Wildman–Crippen LogP) is 1.02. The molecule has 1 aromatic carbocycles. The number of fused-ring (bicyclic) bond motifs is 1. The third-order valence-electron chi connectivity index (χ3n) is 2.54. The zero-order valence-electron chi connectivity index (χ0n) is 9.69. The van der Waals surface area contributed by atoms with Crippen molar-refractivity contribution in [2.24, 2.45) is 0 Å². The zero-order valence-corrected chi connectivity index (χ0v) is 9.69.